The molecule has 0 aliphatic carbocycles. The van der Waals surface area contributed by atoms with E-state index in [0.717, 1.165) is 40.3 Å². The first-order valence-corrected chi connectivity index (χ1v) is 9.65. The van der Waals surface area contributed by atoms with Gasteiger partial charge in [0, 0.05) is 37.0 Å². The maximum Gasteiger partial charge on any atom is 0.136 e. The molecule has 0 bridgehead atoms. The molecule has 0 saturated heterocycles. The summed E-state index contributed by atoms with van der Waals surface area (Å²) in [6.07, 6.45) is 4.53. The number of aromatic nitrogens is 5. The molecule has 6 heteroatoms. The van der Waals surface area contributed by atoms with Crippen LogP contribution in [0.25, 0.3) is 22.5 Å². The second kappa shape index (κ2) is 7.60. The number of halogens is 1. The van der Waals surface area contributed by atoms with E-state index < -0.39 is 0 Å². The largest absolute Gasteiger partial charge is 0.327 e. The highest BCUT2D eigenvalue weighted by Crippen LogP contribution is 2.39. The first-order chi connectivity index (χ1) is 13.6. The summed E-state index contributed by atoms with van der Waals surface area (Å²) >= 11 is 6.65. The van der Waals surface area contributed by atoms with Crippen LogP contribution in [0.1, 0.15) is 24.4 Å². The van der Waals surface area contributed by atoms with E-state index in [0.29, 0.717) is 5.15 Å². The summed E-state index contributed by atoms with van der Waals surface area (Å²) in [4.78, 5) is 9.24. The number of aryl methyl sites for hydroxylation is 2. The van der Waals surface area contributed by atoms with Crippen molar-refractivity contribution in [1.82, 2.24) is 24.3 Å². The Balaban J connectivity index is 1.86. The molecule has 0 radical (unpaired) electrons. The van der Waals surface area contributed by atoms with Crippen LogP contribution >= 0.6 is 11.6 Å². The van der Waals surface area contributed by atoms with Crippen molar-refractivity contribution in [3.63, 3.8) is 0 Å². The first-order valence-electron chi connectivity index (χ1n) is 9.28. The molecule has 0 spiro atoms. The van der Waals surface area contributed by atoms with Crippen molar-refractivity contribution in [2.24, 2.45) is 7.05 Å². The van der Waals surface area contributed by atoms with E-state index in [1.165, 1.54) is 0 Å². The Kier molecular flexibility index (Phi) is 5.01. The van der Waals surface area contributed by atoms with Gasteiger partial charge in [0.2, 0.25) is 0 Å². The molecule has 4 rings (SSSR count). The summed E-state index contributed by atoms with van der Waals surface area (Å²) < 4.78 is 3.90. The average molecular weight is 392 g/mol. The quantitative estimate of drug-likeness (QED) is 0.475. The van der Waals surface area contributed by atoms with E-state index in [9.17, 15) is 0 Å². The number of hydrogen-bond donors (Lipinski definition) is 0. The van der Waals surface area contributed by atoms with Gasteiger partial charge in [-0.25, -0.2) is 4.98 Å². The average Bonchev–Trinajstić information content (AvgIpc) is 3.24. The van der Waals surface area contributed by atoms with Crippen molar-refractivity contribution in [2.75, 3.05) is 0 Å². The Hall–Kier alpha value is -2.92. The number of benzene rings is 1. The van der Waals surface area contributed by atoms with E-state index >= 15 is 0 Å². The minimum absolute atomic E-state index is 0.158. The van der Waals surface area contributed by atoms with Gasteiger partial charge in [0.25, 0.3) is 0 Å². The zero-order valence-electron chi connectivity index (χ0n) is 16.2. The van der Waals surface area contributed by atoms with Crippen molar-refractivity contribution in [3.8, 4) is 22.5 Å². The summed E-state index contributed by atoms with van der Waals surface area (Å²) in [5.74, 6) is 0. The van der Waals surface area contributed by atoms with Crippen molar-refractivity contribution in [2.45, 2.75) is 26.3 Å². The van der Waals surface area contributed by atoms with Crippen LogP contribution in [0.2, 0.25) is 5.15 Å². The smallest absolute Gasteiger partial charge is 0.136 e. The zero-order valence-corrected chi connectivity index (χ0v) is 16.9. The van der Waals surface area contributed by atoms with E-state index in [-0.39, 0.29) is 6.04 Å². The molecule has 0 fully saturated rings. The molecule has 0 unspecified atom stereocenters. The van der Waals surface area contributed by atoms with Gasteiger partial charge in [0.15, 0.2) is 0 Å². The topological polar surface area (TPSA) is 48.5 Å². The van der Waals surface area contributed by atoms with Gasteiger partial charge in [-0.15, -0.1) is 0 Å². The van der Waals surface area contributed by atoms with Crippen molar-refractivity contribution >= 4 is 11.6 Å². The molecule has 3 heterocycles. The lowest BCUT2D eigenvalue weighted by atomic mass is 10.0. The van der Waals surface area contributed by atoms with Crippen LogP contribution in [0.3, 0.4) is 0 Å². The molecular formula is C22H22ClN5. The summed E-state index contributed by atoms with van der Waals surface area (Å²) in [5.41, 5.74) is 5.81. The van der Waals surface area contributed by atoms with Gasteiger partial charge < -0.3 is 4.57 Å². The molecule has 0 N–H and O–H groups in total. The predicted octanol–water partition coefficient (Wildman–Crippen LogP) is 5.11. The Morgan fingerprint density at radius 3 is 2.43 bits per heavy atom. The van der Waals surface area contributed by atoms with Gasteiger partial charge >= 0.3 is 0 Å². The van der Waals surface area contributed by atoms with E-state index in [2.05, 4.69) is 33.7 Å². The van der Waals surface area contributed by atoms with Crippen molar-refractivity contribution < 1.29 is 0 Å². The van der Waals surface area contributed by atoms with Crippen molar-refractivity contribution in [3.05, 3.63) is 77.6 Å². The fourth-order valence-electron chi connectivity index (χ4n) is 3.57. The Morgan fingerprint density at radius 1 is 1.04 bits per heavy atom. The highest BCUT2D eigenvalue weighted by molar-refractivity contribution is 6.32. The SMILES string of the molecule is Cc1nn(C)c(Cl)c1-c1c(-c2ccccc2)ncn1[C@@H](C)Cc1ccccn1. The maximum absolute atomic E-state index is 6.65. The van der Waals surface area contributed by atoms with Crippen LogP contribution in [0.4, 0.5) is 0 Å². The van der Waals surface area contributed by atoms with Crippen molar-refractivity contribution in [1.29, 1.82) is 0 Å². The maximum atomic E-state index is 6.65. The third-order valence-electron chi connectivity index (χ3n) is 4.94. The van der Waals surface area contributed by atoms with Gasteiger partial charge in [-0.1, -0.05) is 48.0 Å². The summed E-state index contributed by atoms with van der Waals surface area (Å²) in [7, 11) is 1.86. The van der Waals surface area contributed by atoms with Crippen LogP contribution in [0, 0.1) is 6.92 Å². The van der Waals surface area contributed by atoms with Crippen LogP contribution in [0.15, 0.2) is 61.1 Å². The monoisotopic (exact) mass is 391 g/mol. The molecule has 0 amide bonds. The van der Waals surface area contributed by atoms with Crippen LogP contribution in [0.5, 0.6) is 0 Å². The molecule has 28 heavy (non-hydrogen) atoms. The highest BCUT2D eigenvalue weighted by Gasteiger charge is 2.24. The molecule has 3 aromatic heterocycles. The standard InChI is InChI=1S/C22H22ClN5/c1-15(13-18-11-7-8-12-24-18)28-14-25-20(17-9-5-4-6-10-17)21(28)19-16(2)26-27(3)22(19)23/h4-12,14-15H,13H2,1-3H3/t15-/m0/s1. The molecule has 5 nitrogen and oxygen atoms in total. The summed E-state index contributed by atoms with van der Waals surface area (Å²) in [6, 6.07) is 16.3. The minimum atomic E-state index is 0.158. The van der Waals surface area contributed by atoms with Gasteiger partial charge in [-0.2, -0.15) is 5.10 Å². The minimum Gasteiger partial charge on any atom is -0.327 e. The van der Waals surface area contributed by atoms with E-state index in [1.807, 2.05) is 62.9 Å². The van der Waals surface area contributed by atoms with Gasteiger partial charge in [0.1, 0.15) is 5.15 Å². The fourth-order valence-corrected chi connectivity index (χ4v) is 3.83. The molecule has 1 aromatic carbocycles. The third-order valence-corrected chi connectivity index (χ3v) is 5.37. The lowest BCUT2D eigenvalue weighted by Gasteiger charge is -2.17. The first kappa shape index (κ1) is 18.4. The lowest BCUT2D eigenvalue weighted by molar-refractivity contribution is 0.542. The molecule has 0 saturated carbocycles. The van der Waals surface area contributed by atoms with E-state index in [1.54, 1.807) is 4.68 Å². The molecule has 1 atom stereocenters. The number of nitrogens with zero attached hydrogens (tertiary/aromatic N) is 5. The second-order valence-electron chi connectivity index (χ2n) is 6.96. The molecule has 0 aliphatic rings. The normalized spacial score (nSPS) is 12.3. The zero-order chi connectivity index (χ0) is 19.7. The third kappa shape index (κ3) is 3.34. The Bertz CT molecular complexity index is 1080. The number of hydrogen-bond acceptors (Lipinski definition) is 3. The van der Waals surface area contributed by atoms with Gasteiger partial charge in [0.05, 0.1) is 29.0 Å². The van der Waals surface area contributed by atoms with Gasteiger partial charge in [-0.3, -0.25) is 9.67 Å². The second-order valence-corrected chi connectivity index (χ2v) is 7.32. The lowest BCUT2D eigenvalue weighted by Crippen LogP contribution is -2.10. The molecular weight excluding hydrogens is 370 g/mol. The van der Waals surface area contributed by atoms with Crippen LogP contribution < -0.4 is 0 Å². The molecule has 0 aliphatic heterocycles. The fraction of sp³-hybridized carbons (Fsp3) is 0.227. The van der Waals surface area contributed by atoms with E-state index in [4.69, 9.17) is 16.6 Å². The summed E-state index contributed by atoms with van der Waals surface area (Å²) in [6.45, 7) is 4.16. The number of imidazole rings is 1. The summed E-state index contributed by atoms with van der Waals surface area (Å²) in [5, 5.41) is 5.13. The number of pyridine rings is 1. The molecule has 142 valence electrons. The Morgan fingerprint density at radius 2 is 1.79 bits per heavy atom. The number of rotatable bonds is 5. The highest BCUT2D eigenvalue weighted by atomic mass is 35.5. The predicted molar refractivity (Wildman–Crippen MR) is 112 cm³/mol. The van der Waals surface area contributed by atoms with Crippen LogP contribution in [-0.4, -0.2) is 24.3 Å². The molecule has 4 aromatic rings. The Labute approximate surface area is 169 Å². The van der Waals surface area contributed by atoms with Crippen LogP contribution in [-0.2, 0) is 13.5 Å². The van der Waals surface area contributed by atoms with Gasteiger partial charge in [-0.05, 0) is 26.0 Å².